The number of carbonyl (C=O) groups excluding carboxylic acids is 1. The van der Waals surface area contributed by atoms with E-state index in [9.17, 15) is 9.59 Å². The van der Waals surface area contributed by atoms with Gasteiger partial charge in [0.1, 0.15) is 0 Å². The summed E-state index contributed by atoms with van der Waals surface area (Å²) in [4.78, 5) is 24.9. The summed E-state index contributed by atoms with van der Waals surface area (Å²) in [5.41, 5.74) is 1.03. The average molecular weight is 376 g/mol. The maximum atomic E-state index is 12.5. The molecule has 5 nitrogen and oxygen atoms in total. The van der Waals surface area contributed by atoms with Gasteiger partial charge < -0.3 is 5.32 Å². The predicted octanol–water partition coefficient (Wildman–Crippen LogP) is 3.21. The second kappa shape index (κ2) is 7.25. The van der Waals surface area contributed by atoms with Gasteiger partial charge in [-0.05, 0) is 42.3 Å². The fraction of sp³-hybridized carbons (Fsp3) is 0.167. The van der Waals surface area contributed by atoms with Crippen LogP contribution in [0.3, 0.4) is 0 Å². The van der Waals surface area contributed by atoms with Crippen molar-refractivity contribution in [1.29, 1.82) is 0 Å². The number of fused-ring (bicyclic) bond motifs is 1. The minimum Gasteiger partial charge on any atom is -0.350 e. The van der Waals surface area contributed by atoms with Crippen molar-refractivity contribution in [2.24, 2.45) is 7.05 Å². The van der Waals surface area contributed by atoms with Crippen molar-refractivity contribution in [3.63, 3.8) is 0 Å². The van der Waals surface area contributed by atoms with E-state index >= 15 is 0 Å². The van der Waals surface area contributed by atoms with Gasteiger partial charge in [0.15, 0.2) is 5.69 Å². The highest BCUT2D eigenvalue weighted by atomic mass is 35.5. The van der Waals surface area contributed by atoms with Gasteiger partial charge in [-0.25, -0.2) is 0 Å². The Hall–Kier alpha value is -2.37. The molecule has 0 saturated heterocycles. The monoisotopic (exact) mass is 375 g/mol. The van der Waals surface area contributed by atoms with Crippen LogP contribution in [0.2, 0.25) is 10.0 Å². The lowest BCUT2D eigenvalue weighted by Crippen LogP contribution is -2.33. The van der Waals surface area contributed by atoms with Crippen molar-refractivity contribution in [3.05, 3.63) is 74.0 Å². The molecule has 3 aromatic rings. The van der Waals surface area contributed by atoms with Gasteiger partial charge >= 0.3 is 0 Å². The van der Waals surface area contributed by atoms with Crippen molar-refractivity contribution in [1.82, 2.24) is 15.1 Å². The lowest BCUT2D eigenvalue weighted by molar-refractivity contribution is 0.0946. The molecule has 0 atom stereocenters. The number of rotatable bonds is 4. The number of aryl methyl sites for hydroxylation is 1. The highest BCUT2D eigenvalue weighted by molar-refractivity contribution is 6.31. The number of hydrogen-bond donors (Lipinski definition) is 1. The van der Waals surface area contributed by atoms with E-state index in [1.807, 2.05) is 18.2 Å². The third kappa shape index (κ3) is 3.83. The SMILES string of the molecule is Cn1nc(C(=O)NCCc2cccc(Cl)c2)c(=O)c2cc(Cl)ccc21. The molecule has 1 N–H and O–H groups in total. The van der Waals surface area contributed by atoms with Crippen LogP contribution in [0.1, 0.15) is 16.1 Å². The second-order valence-corrected chi connectivity index (χ2v) is 6.47. The van der Waals surface area contributed by atoms with Crippen LogP contribution < -0.4 is 10.7 Å². The topological polar surface area (TPSA) is 64.0 Å². The molecular weight excluding hydrogens is 361 g/mol. The molecule has 0 spiro atoms. The normalized spacial score (nSPS) is 10.8. The minimum absolute atomic E-state index is 0.150. The molecule has 0 aliphatic carbocycles. The van der Waals surface area contributed by atoms with Gasteiger partial charge in [0.25, 0.3) is 5.91 Å². The molecule has 1 aromatic heterocycles. The van der Waals surface area contributed by atoms with E-state index in [1.54, 1.807) is 31.3 Å². The Morgan fingerprint density at radius 3 is 2.68 bits per heavy atom. The van der Waals surface area contributed by atoms with Crippen molar-refractivity contribution >= 4 is 40.0 Å². The minimum atomic E-state index is -0.510. The van der Waals surface area contributed by atoms with Crippen LogP contribution in [0.15, 0.2) is 47.3 Å². The van der Waals surface area contributed by atoms with Crippen LogP contribution in [-0.2, 0) is 13.5 Å². The Morgan fingerprint density at radius 1 is 1.16 bits per heavy atom. The van der Waals surface area contributed by atoms with Gasteiger partial charge in [-0.15, -0.1) is 0 Å². The second-order valence-electron chi connectivity index (χ2n) is 5.60. The molecule has 0 aliphatic rings. The Labute approximate surface area is 154 Å². The number of nitrogens with one attached hydrogen (secondary N) is 1. The Bertz CT molecular complexity index is 1010. The molecule has 2 aromatic carbocycles. The Morgan fingerprint density at radius 2 is 1.92 bits per heavy atom. The summed E-state index contributed by atoms with van der Waals surface area (Å²) in [6.07, 6.45) is 0.603. The van der Waals surface area contributed by atoms with Crippen LogP contribution in [-0.4, -0.2) is 22.2 Å². The quantitative estimate of drug-likeness (QED) is 0.761. The molecule has 128 valence electrons. The first-order chi connectivity index (χ1) is 12.0. The van der Waals surface area contributed by atoms with Crippen molar-refractivity contribution in [2.45, 2.75) is 6.42 Å². The van der Waals surface area contributed by atoms with E-state index < -0.39 is 11.3 Å². The first-order valence-electron chi connectivity index (χ1n) is 7.65. The summed E-state index contributed by atoms with van der Waals surface area (Å²) in [6.45, 7) is 0.373. The first-order valence-corrected chi connectivity index (χ1v) is 8.40. The summed E-state index contributed by atoms with van der Waals surface area (Å²) < 4.78 is 1.50. The summed E-state index contributed by atoms with van der Waals surface area (Å²) >= 11 is 11.9. The fourth-order valence-electron chi connectivity index (χ4n) is 2.59. The molecule has 1 amide bonds. The van der Waals surface area contributed by atoms with E-state index in [4.69, 9.17) is 23.2 Å². The standard InChI is InChI=1S/C18H15Cl2N3O2/c1-23-15-6-5-13(20)10-14(15)17(24)16(22-23)18(25)21-8-7-11-3-2-4-12(19)9-11/h2-6,9-10H,7-8H2,1H3,(H,21,25). The molecule has 3 rings (SSSR count). The number of carbonyl (C=O) groups is 1. The molecule has 0 bridgehead atoms. The van der Waals surface area contributed by atoms with E-state index in [2.05, 4.69) is 10.4 Å². The molecule has 0 radical (unpaired) electrons. The summed E-state index contributed by atoms with van der Waals surface area (Å²) in [6, 6.07) is 12.3. The lowest BCUT2D eigenvalue weighted by atomic mass is 10.1. The van der Waals surface area contributed by atoms with Crippen LogP contribution in [0.25, 0.3) is 10.9 Å². The number of hydrogen-bond acceptors (Lipinski definition) is 3. The van der Waals surface area contributed by atoms with Crippen LogP contribution >= 0.6 is 23.2 Å². The zero-order valence-corrected chi connectivity index (χ0v) is 14.9. The summed E-state index contributed by atoms with van der Waals surface area (Å²) in [7, 11) is 1.68. The third-order valence-corrected chi connectivity index (χ3v) is 4.29. The zero-order valence-electron chi connectivity index (χ0n) is 13.4. The van der Waals surface area contributed by atoms with E-state index in [0.29, 0.717) is 33.9 Å². The van der Waals surface area contributed by atoms with Gasteiger partial charge in [-0.3, -0.25) is 14.3 Å². The van der Waals surface area contributed by atoms with Crippen molar-refractivity contribution in [2.75, 3.05) is 6.54 Å². The predicted molar refractivity (Wildman–Crippen MR) is 99.5 cm³/mol. The molecule has 0 aliphatic heterocycles. The van der Waals surface area contributed by atoms with Crippen LogP contribution in [0.4, 0.5) is 0 Å². The van der Waals surface area contributed by atoms with E-state index in [1.165, 1.54) is 4.68 Å². The third-order valence-electron chi connectivity index (χ3n) is 3.82. The number of benzene rings is 2. The van der Waals surface area contributed by atoms with Gasteiger partial charge in [0.05, 0.1) is 10.9 Å². The molecule has 0 saturated carbocycles. The highest BCUT2D eigenvalue weighted by Crippen LogP contribution is 2.16. The van der Waals surface area contributed by atoms with Crippen LogP contribution in [0.5, 0.6) is 0 Å². The number of aromatic nitrogens is 2. The van der Waals surface area contributed by atoms with E-state index in [-0.39, 0.29) is 5.69 Å². The maximum Gasteiger partial charge on any atom is 0.275 e. The summed E-state index contributed by atoms with van der Waals surface area (Å²) in [5, 5.41) is 8.26. The first kappa shape index (κ1) is 17.5. The Kier molecular flexibility index (Phi) is 5.06. The fourth-order valence-corrected chi connectivity index (χ4v) is 2.98. The van der Waals surface area contributed by atoms with Crippen molar-refractivity contribution in [3.8, 4) is 0 Å². The molecule has 7 heteroatoms. The molecule has 25 heavy (non-hydrogen) atoms. The number of halogens is 2. The van der Waals surface area contributed by atoms with Gasteiger partial charge in [-0.1, -0.05) is 35.3 Å². The maximum absolute atomic E-state index is 12.5. The highest BCUT2D eigenvalue weighted by Gasteiger charge is 2.16. The molecule has 0 unspecified atom stereocenters. The van der Waals surface area contributed by atoms with E-state index in [0.717, 1.165) is 5.56 Å². The van der Waals surface area contributed by atoms with Crippen molar-refractivity contribution < 1.29 is 4.79 Å². The Balaban J connectivity index is 1.80. The summed E-state index contributed by atoms with van der Waals surface area (Å²) in [5.74, 6) is -0.510. The molecule has 0 fully saturated rings. The van der Waals surface area contributed by atoms with Gasteiger partial charge in [-0.2, -0.15) is 5.10 Å². The average Bonchev–Trinajstić information content (AvgIpc) is 2.58. The zero-order chi connectivity index (χ0) is 18.0. The number of nitrogens with zero attached hydrogens (tertiary/aromatic N) is 2. The molecular formula is C18H15Cl2N3O2. The number of amides is 1. The molecule has 1 heterocycles. The lowest BCUT2D eigenvalue weighted by Gasteiger charge is -2.09. The van der Waals surface area contributed by atoms with Gasteiger partial charge in [0.2, 0.25) is 5.43 Å². The van der Waals surface area contributed by atoms with Crippen LogP contribution in [0, 0.1) is 0 Å². The van der Waals surface area contributed by atoms with Gasteiger partial charge in [0, 0.05) is 23.6 Å². The largest absolute Gasteiger partial charge is 0.350 e. The smallest absolute Gasteiger partial charge is 0.275 e.